The number of nitrogens with one attached hydrogen (secondary N) is 1. The molecule has 1 aromatic heterocycles. The highest BCUT2D eigenvalue weighted by molar-refractivity contribution is 6.31. The predicted octanol–water partition coefficient (Wildman–Crippen LogP) is 6.89. The summed E-state index contributed by atoms with van der Waals surface area (Å²) >= 11 is 11.7. The molecule has 0 aliphatic carbocycles. The van der Waals surface area contributed by atoms with Crippen molar-refractivity contribution in [3.63, 3.8) is 0 Å². The first-order valence-electron chi connectivity index (χ1n) is 9.80. The molecule has 1 atom stereocenters. The fourth-order valence-electron chi connectivity index (χ4n) is 2.84. The molecule has 0 radical (unpaired) electrons. The Morgan fingerprint density at radius 1 is 1.03 bits per heavy atom. The van der Waals surface area contributed by atoms with E-state index in [4.69, 9.17) is 37.1 Å². The van der Waals surface area contributed by atoms with Crippen LogP contribution >= 0.6 is 23.2 Å². The number of fused-ring (bicyclic) bond motifs is 1. The maximum absolute atomic E-state index is 14.1. The molecule has 0 bridgehead atoms. The Hall–Kier alpha value is -3.55. The van der Waals surface area contributed by atoms with Gasteiger partial charge in [-0.2, -0.15) is 9.37 Å². The van der Waals surface area contributed by atoms with Crippen molar-refractivity contribution < 1.29 is 23.1 Å². The molecule has 4 aromatic rings. The maximum Gasteiger partial charge on any atom is 0.302 e. The maximum atomic E-state index is 14.1. The summed E-state index contributed by atoms with van der Waals surface area (Å²) < 4.78 is 30.4. The second-order valence-corrected chi connectivity index (χ2v) is 7.83. The molecule has 0 spiro atoms. The second kappa shape index (κ2) is 9.94. The van der Waals surface area contributed by atoms with E-state index >= 15 is 0 Å². The van der Waals surface area contributed by atoms with Gasteiger partial charge in [0.15, 0.2) is 11.7 Å². The van der Waals surface area contributed by atoms with Crippen LogP contribution in [0.4, 0.5) is 10.4 Å². The number of halogens is 3. The van der Waals surface area contributed by atoms with Gasteiger partial charge >= 0.3 is 6.01 Å². The second-order valence-electron chi connectivity index (χ2n) is 6.95. The Morgan fingerprint density at radius 3 is 2.42 bits per heavy atom. The first kappa shape index (κ1) is 22.6. The van der Waals surface area contributed by atoms with Crippen molar-refractivity contribution in [3.05, 3.63) is 88.4 Å². The zero-order valence-electron chi connectivity index (χ0n) is 17.2. The molecule has 0 saturated heterocycles. The highest BCUT2D eigenvalue weighted by atomic mass is 35.5. The van der Waals surface area contributed by atoms with Gasteiger partial charge in [-0.05, 0) is 67.1 Å². The number of aromatic nitrogens is 1. The van der Waals surface area contributed by atoms with E-state index in [1.807, 2.05) is 0 Å². The molecular weight excluding hydrogens is 470 g/mol. The number of amides is 1. The van der Waals surface area contributed by atoms with Crippen LogP contribution in [0.15, 0.2) is 77.2 Å². The number of nitrogens with zero attached hydrogens (tertiary/aromatic N) is 1. The largest absolute Gasteiger partial charge is 0.481 e. The molecule has 0 unspecified atom stereocenters. The first-order valence-corrected chi connectivity index (χ1v) is 10.6. The van der Waals surface area contributed by atoms with Gasteiger partial charge in [0.05, 0.1) is 0 Å². The first-order chi connectivity index (χ1) is 15.9. The number of hydrogen-bond acceptors (Lipinski definition) is 5. The Balaban J connectivity index is 1.33. The Labute approximate surface area is 198 Å². The SMILES string of the molecule is C[C@@H](Oc1ccc(O/C(F)=C/c2ccc(Cl)cc2)cc1)C(=O)Nc1nc2cc(Cl)ccc2o1. The van der Waals surface area contributed by atoms with Crippen molar-refractivity contribution in [1.29, 1.82) is 0 Å². The molecule has 4 rings (SSSR count). The van der Waals surface area contributed by atoms with E-state index in [9.17, 15) is 9.18 Å². The van der Waals surface area contributed by atoms with Gasteiger partial charge in [0.2, 0.25) is 0 Å². The van der Waals surface area contributed by atoms with Gasteiger partial charge in [-0.3, -0.25) is 10.1 Å². The monoisotopic (exact) mass is 486 g/mol. The molecule has 33 heavy (non-hydrogen) atoms. The number of anilines is 1. The molecule has 0 fully saturated rings. The fraction of sp³-hybridized carbons (Fsp3) is 0.0833. The van der Waals surface area contributed by atoms with Crippen molar-refractivity contribution in [2.24, 2.45) is 0 Å². The number of rotatable bonds is 7. The predicted molar refractivity (Wildman–Crippen MR) is 125 cm³/mol. The molecule has 0 aliphatic rings. The molecule has 1 amide bonds. The minimum Gasteiger partial charge on any atom is -0.481 e. The van der Waals surface area contributed by atoms with Gasteiger partial charge in [-0.25, -0.2) is 0 Å². The summed E-state index contributed by atoms with van der Waals surface area (Å²) in [5, 5.41) is 3.63. The topological polar surface area (TPSA) is 73.6 Å². The third kappa shape index (κ3) is 6.03. The summed E-state index contributed by atoms with van der Waals surface area (Å²) in [6, 6.07) is 17.1. The quantitative estimate of drug-likeness (QED) is 0.288. The van der Waals surface area contributed by atoms with Gasteiger partial charge in [-0.1, -0.05) is 35.3 Å². The number of carbonyl (C=O) groups is 1. The lowest BCUT2D eigenvalue weighted by Gasteiger charge is -2.13. The third-order valence-electron chi connectivity index (χ3n) is 4.45. The third-order valence-corrected chi connectivity index (χ3v) is 4.94. The van der Waals surface area contributed by atoms with E-state index in [2.05, 4.69) is 10.3 Å². The molecule has 0 saturated carbocycles. The summed E-state index contributed by atoms with van der Waals surface area (Å²) in [6.45, 7) is 1.58. The summed E-state index contributed by atoms with van der Waals surface area (Å²) in [4.78, 5) is 16.6. The van der Waals surface area contributed by atoms with E-state index in [0.717, 1.165) is 0 Å². The van der Waals surface area contributed by atoms with Crippen LogP contribution in [0.1, 0.15) is 12.5 Å². The van der Waals surface area contributed by atoms with Crippen molar-refractivity contribution in [3.8, 4) is 11.5 Å². The van der Waals surface area contributed by atoms with Gasteiger partial charge in [0.25, 0.3) is 11.9 Å². The zero-order valence-corrected chi connectivity index (χ0v) is 18.7. The molecular formula is C24H17Cl2FN2O4. The molecule has 1 heterocycles. The summed E-state index contributed by atoms with van der Waals surface area (Å²) in [5.41, 5.74) is 1.63. The minimum absolute atomic E-state index is 0.0411. The smallest absolute Gasteiger partial charge is 0.302 e. The average Bonchev–Trinajstić information content (AvgIpc) is 3.18. The lowest BCUT2D eigenvalue weighted by molar-refractivity contribution is -0.122. The summed E-state index contributed by atoms with van der Waals surface area (Å²) in [5.74, 6) is 0.216. The number of hydrogen-bond donors (Lipinski definition) is 1. The molecule has 9 heteroatoms. The lowest BCUT2D eigenvalue weighted by atomic mass is 10.2. The number of oxazole rings is 1. The molecule has 6 nitrogen and oxygen atoms in total. The van der Waals surface area contributed by atoms with Gasteiger partial charge < -0.3 is 13.9 Å². The van der Waals surface area contributed by atoms with Crippen LogP contribution in [0.5, 0.6) is 11.5 Å². The Kier molecular flexibility index (Phi) is 6.82. The fourth-order valence-corrected chi connectivity index (χ4v) is 3.13. The number of ether oxygens (including phenoxy) is 2. The summed E-state index contributed by atoms with van der Waals surface area (Å²) in [7, 11) is 0. The van der Waals surface area contributed by atoms with Crippen LogP contribution in [0, 0.1) is 0 Å². The van der Waals surface area contributed by atoms with Gasteiger partial charge in [-0.15, -0.1) is 0 Å². The van der Waals surface area contributed by atoms with Crippen molar-refractivity contribution in [2.45, 2.75) is 13.0 Å². The minimum atomic E-state index is -0.850. The van der Waals surface area contributed by atoms with Crippen LogP contribution in [-0.2, 0) is 4.79 Å². The number of benzene rings is 3. The average molecular weight is 487 g/mol. The van der Waals surface area contributed by atoms with E-state index in [0.29, 0.717) is 32.5 Å². The van der Waals surface area contributed by atoms with Crippen LogP contribution in [0.3, 0.4) is 0 Å². The van der Waals surface area contributed by atoms with E-state index in [-0.39, 0.29) is 11.8 Å². The standard InChI is InChI=1S/C24H17Cl2FN2O4/c1-14(23(30)29-24-28-20-13-17(26)6-11-21(20)33-24)31-18-7-9-19(10-8-18)32-22(27)12-15-2-4-16(25)5-3-15/h2-14H,1H3,(H,28,29,30)/b22-12+/t14-/m1/s1. The molecule has 168 valence electrons. The van der Waals surface area contributed by atoms with Gasteiger partial charge in [0.1, 0.15) is 17.0 Å². The molecule has 0 aliphatic heterocycles. The number of carbonyl (C=O) groups excluding carboxylic acids is 1. The zero-order chi connectivity index (χ0) is 23.4. The highest BCUT2D eigenvalue weighted by Crippen LogP contribution is 2.24. The lowest BCUT2D eigenvalue weighted by Crippen LogP contribution is -2.30. The van der Waals surface area contributed by atoms with E-state index < -0.39 is 18.0 Å². The van der Waals surface area contributed by atoms with Crippen molar-refractivity contribution in [2.75, 3.05) is 5.32 Å². The van der Waals surface area contributed by atoms with Gasteiger partial charge in [0, 0.05) is 16.1 Å². The normalized spacial score (nSPS) is 12.4. The Morgan fingerprint density at radius 2 is 1.70 bits per heavy atom. The molecule has 1 N–H and O–H groups in total. The van der Waals surface area contributed by atoms with Crippen LogP contribution in [-0.4, -0.2) is 17.0 Å². The summed E-state index contributed by atoms with van der Waals surface area (Å²) in [6.07, 6.45) is 0.393. The van der Waals surface area contributed by atoms with E-state index in [1.165, 1.54) is 18.2 Å². The highest BCUT2D eigenvalue weighted by Gasteiger charge is 2.18. The van der Waals surface area contributed by atoms with Crippen LogP contribution < -0.4 is 14.8 Å². The van der Waals surface area contributed by atoms with E-state index in [1.54, 1.807) is 61.5 Å². The van der Waals surface area contributed by atoms with Crippen LogP contribution in [0.2, 0.25) is 10.0 Å². The molecule has 3 aromatic carbocycles. The van der Waals surface area contributed by atoms with Crippen molar-refractivity contribution >= 4 is 52.3 Å². The van der Waals surface area contributed by atoms with Crippen LogP contribution in [0.25, 0.3) is 17.2 Å². The van der Waals surface area contributed by atoms with Crippen molar-refractivity contribution in [1.82, 2.24) is 4.98 Å². The Bertz CT molecular complexity index is 1300.